The summed E-state index contributed by atoms with van der Waals surface area (Å²) in [6.07, 6.45) is -3.35. The Kier molecular flexibility index (Phi) is 3.77. The minimum Gasteiger partial charge on any atom is -0.347 e. The monoisotopic (exact) mass is 276 g/mol. The van der Waals surface area contributed by atoms with Crippen molar-refractivity contribution in [3.8, 4) is 0 Å². The minimum atomic E-state index is -4.13. The van der Waals surface area contributed by atoms with Gasteiger partial charge in [-0.05, 0) is 32.6 Å². The summed E-state index contributed by atoms with van der Waals surface area (Å²) in [5.41, 5.74) is 0. The van der Waals surface area contributed by atoms with E-state index in [0.29, 0.717) is 18.7 Å². The van der Waals surface area contributed by atoms with Gasteiger partial charge in [-0.15, -0.1) is 5.10 Å². The number of nitrogens with zero attached hydrogens (tertiary/aromatic N) is 2. The molecule has 1 saturated carbocycles. The maximum atomic E-state index is 12.5. The van der Waals surface area contributed by atoms with Gasteiger partial charge in [-0.25, -0.2) is 4.98 Å². The van der Waals surface area contributed by atoms with E-state index in [4.69, 9.17) is 0 Å². The SMILES string of the molecule is Cc1nc(C(=O)NC2CCC(C(F)(F)F)CC2)n[nH]1. The summed E-state index contributed by atoms with van der Waals surface area (Å²) in [5.74, 6) is -1.15. The van der Waals surface area contributed by atoms with E-state index in [0.717, 1.165) is 0 Å². The van der Waals surface area contributed by atoms with Gasteiger partial charge in [0.15, 0.2) is 0 Å². The van der Waals surface area contributed by atoms with Crippen LogP contribution in [0, 0.1) is 12.8 Å². The van der Waals surface area contributed by atoms with Crippen molar-refractivity contribution < 1.29 is 18.0 Å². The number of hydrogen-bond donors (Lipinski definition) is 2. The Labute approximate surface area is 108 Å². The Morgan fingerprint density at radius 1 is 1.32 bits per heavy atom. The summed E-state index contributed by atoms with van der Waals surface area (Å²) in [6.45, 7) is 1.66. The van der Waals surface area contributed by atoms with Gasteiger partial charge in [0.2, 0.25) is 5.82 Å². The van der Waals surface area contributed by atoms with E-state index in [2.05, 4.69) is 20.5 Å². The second kappa shape index (κ2) is 5.18. The van der Waals surface area contributed by atoms with Crippen molar-refractivity contribution >= 4 is 5.91 Å². The van der Waals surface area contributed by atoms with Gasteiger partial charge >= 0.3 is 6.18 Å². The lowest BCUT2D eigenvalue weighted by atomic mass is 9.85. The largest absolute Gasteiger partial charge is 0.391 e. The van der Waals surface area contributed by atoms with Crippen LogP contribution in [-0.4, -0.2) is 33.3 Å². The van der Waals surface area contributed by atoms with E-state index < -0.39 is 18.0 Å². The Morgan fingerprint density at radius 2 is 1.95 bits per heavy atom. The highest BCUT2D eigenvalue weighted by atomic mass is 19.4. The zero-order valence-corrected chi connectivity index (χ0v) is 10.4. The van der Waals surface area contributed by atoms with Gasteiger partial charge in [-0.2, -0.15) is 13.2 Å². The molecule has 1 aromatic rings. The average Bonchev–Trinajstić information content (AvgIpc) is 2.75. The predicted molar refractivity (Wildman–Crippen MR) is 60.4 cm³/mol. The van der Waals surface area contributed by atoms with Crippen molar-refractivity contribution in [1.82, 2.24) is 20.5 Å². The van der Waals surface area contributed by atoms with Gasteiger partial charge in [-0.3, -0.25) is 9.89 Å². The van der Waals surface area contributed by atoms with Crippen molar-refractivity contribution in [2.24, 2.45) is 5.92 Å². The molecule has 1 heterocycles. The van der Waals surface area contributed by atoms with Crippen LogP contribution in [0.25, 0.3) is 0 Å². The number of alkyl halides is 3. The van der Waals surface area contributed by atoms with Gasteiger partial charge in [0.25, 0.3) is 5.91 Å². The van der Waals surface area contributed by atoms with Crippen LogP contribution in [-0.2, 0) is 0 Å². The Hall–Kier alpha value is -1.60. The fourth-order valence-electron chi connectivity index (χ4n) is 2.26. The molecule has 5 nitrogen and oxygen atoms in total. The van der Waals surface area contributed by atoms with Crippen LogP contribution in [0.5, 0.6) is 0 Å². The Morgan fingerprint density at radius 3 is 2.42 bits per heavy atom. The highest BCUT2D eigenvalue weighted by Crippen LogP contribution is 2.37. The molecule has 0 unspecified atom stereocenters. The summed E-state index contributed by atoms with van der Waals surface area (Å²) in [5, 5.41) is 8.92. The second-order valence-corrected chi connectivity index (χ2v) is 4.81. The number of halogens is 3. The molecule has 1 aliphatic rings. The number of H-pyrrole nitrogens is 1. The van der Waals surface area contributed by atoms with Crippen LogP contribution in [0.4, 0.5) is 13.2 Å². The molecule has 0 spiro atoms. The Bertz CT molecular complexity index is 449. The summed E-state index contributed by atoms with van der Waals surface area (Å²) in [7, 11) is 0. The molecule has 0 atom stereocenters. The number of amides is 1. The lowest BCUT2D eigenvalue weighted by Gasteiger charge is -2.29. The standard InChI is InChI=1S/C11H15F3N4O/c1-6-15-9(18-17-6)10(19)16-8-4-2-7(3-5-8)11(12,13)14/h7-8H,2-5H2,1H3,(H,16,19)(H,15,17,18). The van der Waals surface area contributed by atoms with E-state index in [-0.39, 0.29) is 24.7 Å². The third kappa shape index (κ3) is 3.45. The summed E-state index contributed by atoms with van der Waals surface area (Å²) < 4.78 is 37.5. The van der Waals surface area contributed by atoms with Gasteiger partial charge < -0.3 is 5.32 Å². The molecule has 0 saturated heterocycles. The number of aromatic nitrogens is 3. The first-order valence-corrected chi connectivity index (χ1v) is 6.13. The first-order chi connectivity index (χ1) is 8.86. The molecule has 8 heteroatoms. The lowest BCUT2D eigenvalue weighted by Crippen LogP contribution is -2.40. The maximum absolute atomic E-state index is 12.5. The number of aromatic amines is 1. The van der Waals surface area contributed by atoms with Crippen LogP contribution in [0.15, 0.2) is 0 Å². The normalized spacial score (nSPS) is 24.2. The van der Waals surface area contributed by atoms with Crippen molar-refractivity contribution in [1.29, 1.82) is 0 Å². The summed E-state index contributed by atoms with van der Waals surface area (Å²) in [6, 6.07) is -0.232. The third-order valence-electron chi connectivity index (χ3n) is 3.33. The highest BCUT2D eigenvalue weighted by Gasteiger charge is 2.41. The highest BCUT2D eigenvalue weighted by molar-refractivity contribution is 5.90. The van der Waals surface area contributed by atoms with Crippen LogP contribution in [0.1, 0.15) is 42.1 Å². The van der Waals surface area contributed by atoms with E-state index in [1.807, 2.05) is 0 Å². The van der Waals surface area contributed by atoms with Crippen LogP contribution < -0.4 is 5.32 Å². The first-order valence-electron chi connectivity index (χ1n) is 6.13. The molecule has 0 aliphatic heterocycles. The van der Waals surface area contributed by atoms with Crippen molar-refractivity contribution in [2.75, 3.05) is 0 Å². The van der Waals surface area contributed by atoms with E-state index >= 15 is 0 Å². The summed E-state index contributed by atoms with van der Waals surface area (Å²) in [4.78, 5) is 15.6. The van der Waals surface area contributed by atoms with Crippen LogP contribution in [0.2, 0.25) is 0 Å². The summed E-state index contributed by atoms with van der Waals surface area (Å²) >= 11 is 0. The fraction of sp³-hybridized carbons (Fsp3) is 0.727. The molecule has 19 heavy (non-hydrogen) atoms. The van der Waals surface area contributed by atoms with Gasteiger partial charge in [-0.1, -0.05) is 0 Å². The molecule has 1 aromatic heterocycles. The number of aryl methyl sites for hydroxylation is 1. The zero-order valence-electron chi connectivity index (χ0n) is 10.4. The molecular weight excluding hydrogens is 261 g/mol. The predicted octanol–water partition coefficient (Wildman–Crippen LogP) is 1.96. The van der Waals surface area contributed by atoms with E-state index in [1.165, 1.54) is 0 Å². The second-order valence-electron chi connectivity index (χ2n) is 4.81. The van der Waals surface area contributed by atoms with E-state index in [9.17, 15) is 18.0 Å². The number of carbonyl (C=O) groups excluding carboxylic acids is 1. The van der Waals surface area contributed by atoms with Crippen molar-refractivity contribution in [3.05, 3.63) is 11.6 Å². The molecule has 106 valence electrons. The number of carbonyl (C=O) groups is 1. The third-order valence-corrected chi connectivity index (χ3v) is 3.33. The number of rotatable bonds is 2. The topological polar surface area (TPSA) is 70.7 Å². The molecule has 2 rings (SSSR count). The van der Waals surface area contributed by atoms with Crippen LogP contribution >= 0.6 is 0 Å². The van der Waals surface area contributed by atoms with Crippen molar-refractivity contribution in [2.45, 2.75) is 44.8 Å². The zero-order chi connectivity index (χ0) is 14.0. The van der Waals surface area contributed by atoms with Gasteiger partial charge in [0.05, 0.1) is 5.92 Å². The van der Waals surface area contributed by atoms with E-state index in [1.54, 1.807) is 6.92 Å². The van der Waals surface area contributed by atoms with Gasteiger partial charge in [0.1, 0.15) is 5.82 Å². The molecule has 0 radical (unpaired) electrons. The Balaban J connectivity index is 1.84. The maximum Gasteiger partial charge on any atom is 0.391 e. The number of hydrogen-bond acceptors (Lipinski definition) is 3. The molecular formula is C11H15F3N4O. The molecule has 0 aromatic carbocycles. The molecule has 1 amide bonds. The smallest absolute Gasteiger partial charge is 0.347 e. The lowest BCUT2D eigenvalue weighted by molar-refractivity contribution is -0.182. The quantitative estimate of drug-likeness (QED) is 0.867. The first kappa shape index (κ1) is 13.8. The van der Waals surface area contributed by atoms with Gasteiger partial charge in [0, 0.05) is 6.04 Å². The molecule has 1 aliphatic carbocycles. The van der Waals surface area contributed by atoms with Crippen LogP contribution in [0.3, 0.4) is 0 Å². The average molecular weight is 276 g/mol. The van der Waals surface area contributed by atoms with Crippen molar-refractivity contribution in [3.63, 3.8) is 0 Å². The number of nitrogens with one attached hydrogen (secondary N) is 2. The molecule has 2 N–H and O–H groups in total. The molecule has 0 bridgehead atoms. The minimum absolute atomic E-state index is 0.0236. The molecule has 1 fully saturated rings. The fourth-order valence-corrected chi connectivity index (χ4v) is 2.26.